The molecule has 0 radical (unpaired) electrons. The number of hydrogen-bond donors (Lipinski definition) is 2. The first-order chi connectivity index (χ1) is 12.2. The van der Waals surface area contributed by atoms with E-state index in [-0.39, 0.29) is 6.10 Å². The molecule has 2 aromatic carbocycles. The van der Waals surface area contributed by atoms with E-state index in [0.717, 1.165) is 0 Å². The number of carbonyl (C=O) groups is 2. The summed E-state index contributed by atoms with van der Waals surface area (Å²) < 4.78 is 18.8. The van der Waals surface area contributed by atoms with E-state index in [9.17, 15) is 14.0 Å². The molecule has 5 nitrogen and oxygen atoms in total. The van der Waals surface area contributed by atoms with Gasteiger partial charge in [0.25, 0.3) is 0 Å². The van der Waals surface area contributed by atoms with Crippen LogP contribution in [0.3, 0.4) is 0 Å². The first-order valence-electron chi connectivity index (χ1n) is 8.33. The van der Waals surface area contributed by atoms with Crippen LogP contribution < -0.4 is 15.4 Å². The minimum atomic E-state index is -1.35. The van der Waals surface area contributed by atoms with E-state index in [2.05, 4.69) is 10.6 Å². The number of amides is 2. The minimum Gasteiger partial charge on any atom is -0.491 e. The Morgan fingerprint density at radius 2 is 1.54 bits per heavy atom. The lowest BCUT2D eigenvalue weighted by Gasteiger charge is -2.23. The summed E-state index contributed by atoms with van der Waals surface area (Å²) in [5.41, 5.74) is -0.497. The van der Waals surface area contributed by atoms with Gasteiger partial charge in [0.1, 0.15) is 17.0 Å². The summed E-state index contributed by atoms with van der Waals surface area (Å²) in [7, 11) is 0. The minimum absolute atomic E-state index is 0.0564. The van der Waals surface area contributed by atoms with Crippen LogP contribution >= 0.6 is 0 Å². The smallest absolute Gasteiger partial charge is 0.239 e. The van der Waals surface area contributed by atoms with Crippen LogP contribution in [-0.4, -0.2) is 17.9 Å². The zero-order valence-corrected chi connectivity index (χ0v) is 15.3. The molecule has 0 aliphatic carbocycles. The van der Waals surface area contributed by atoms with Gasteiger partial charge in [0.15, 0.2) is 0 Å². The van der Waals surface area contributed by atoms with Crippen LogP contribution in [0.25, 0.3) is 0 Å². The van der Waals surface area contributed by atoms with E-state index in [0.29, 0.717) is 17.1 Å². The Labute approximate surface area is 152 Å². The number of halogens is 1. The molecule has 0 atom stereocenters. The number of anilines is 2. The summed E-state index contributed by atoms with van der Waals surface area (Å²) in [4.78, 5) is 25.0. The molecular formula is C20H23FN2O3. The van der Waals surface area contributed by atoms with E-state index < -0.39 is 23.0 Å². The molecule has 0 aliphatic rings. The van der Waals surface area contributed by atoms with Gasteiger partial charge in [0.05, 0.1) is 6.10 Å². The van der Waals surface area contributed by atoms with Gasteiger partial charge in [-0.3, -0.25) is 9.59 Å². The zero-order valence-electron chi connectivity index (χ0n) is 15.3. The van der Waals surface area contributed by atoms with Gasteiger partial charge in [-0.05, 0) is 70.2 Å². The Hall–Kier alpha value is -2.89. The van der Waals surface area contributed by atoms with Crippen LogP contribution in [0.4, 0.5) is 15.8 Å². The second-order valence-electron chi connectivity index (χ2n) is 6.73. The zero-order chi connectivity index (χ0) is 19.3. The van der Waals surface area contributed by atoms with Gasteiger partial charge in [-0.15, -0.1) is 0 Å². The monoisotopic (exact) mass is 358 g/mol. The molecule has 0 fully saturated rings. The van der Waals surface area contributed by atoms with E-state index in [1.165, 1.54) is 32.0 Å². The average Bonchev–Trinajstić information content (AvgIpc) is 2.56. The molecule has 0 aliphatic heterocycles. The van der Waals surface area contributed by atoms with Crippen LogP contribution in [0, 0.1) is 11.2 Å². The van der Waals surface area contributed by atoms with Crippen molar-refractivity contribution in [3.63, 3.8) is 0 Å². The topological polar surface area (TPSA) is 67.4 Å². The Balaban J connectivity index is 2.03. The molecule has 0 unspecified atom stereocenters. The fourth-order valence-corrected chi connectivity index (χ4v) is 2.13. The number of carbonyl (C=O) groups excluding carboxylic acids is 2. The van der Waals surface area contributed by atoms with Crippen molar-refractivity contribution in [1.29, 1.82) is 0 Å². The Kier molecular flexibility index (Phi) is 5.97. The third-order valence-electron chi connectivity index (χ3n) is 3.70. The molecule has 2 N–H and O–H groups in total. The molecule has 0 heterocycles. The number of ether oxygens (including phenoxy) is 1. The van der Waals surface area contributed by atoms with Crippen LogP contribution in [0.15, 0.2) is 48.5 Å². The molecule has 0 spiro atoms. The van der Waals surface area contributed by atoms with Crippen molar-refractivity contribution in [3.8, 4) is 5.75 Å². The highest BCUT2D eigenvalue weighted by Crippen LogP contribution is 2.23. The molecule has 2 rings (SSSR count). The molecule has 0 saturated carbocycles. The standard InChI is InChI=1S/C20H23FN2O3/c1-13(2)26-17-10-8-15(9-11-17)22-18(24)20(3,4)19(25)23-16-7-5-6-14(21)12-16/h5-13H,1-4H3,(H,22,24)(H,23,25). The van der Waals surface area contributed by atoms with Gasteiger partial charge < -0.3 is 15.4 Å². The average molecular weight is 358 g/mol. The molecule has 0 saturated heterocycles. The Morgan fingerprint density at radius 1 is 0.962 bits per heavy atom. The molecular weight excluding hydrogens is 335 g/mol. The van der Waals surface area contributed by atoms with E-state index in [4.69, 9.17) is 4.74 Å². The van der Waals surface area contributed by atoms with Gasteiger partial charge in [0, 0.05) is 11.4 Å². The summed E-state index contributed by atoms with van der Waals surface area (Å²) >= 11 is 0. The van der Waals surface area contributed by atoms with Crippen molar-refractivity contribution in [2.24, 2.45) is 5.41 Å². The van der Waals surface area contributed by atoms with Gasteiger partial charge in [-0.2, -0.15) is 0 Å². The summed E-state index contributed by atoms with van der Waals surface area (Å²) in [5.74, 6) is -0.765. The summed E-state index contributed by atoms with van der Waals surface area (Å²) in [5, 5.41) is 5.27. The van der Waals surface area contributed by atoms with Crippen molar-refractivity contribution >= 4 is 23.2 Å². The highest BCUT2D eigenvalue weighted by Gasteiger charge is 2.36. The van der Waals surface area contributed by atoms with Gasteiger partial charge >= 0.3 is 0 Å². The highest BCUT2D eigenvalue weighted by atomic mass is 19.1. The predicted molar refractivity (Wildman–Crippen MR) is 99.6 cm³/mol. The van der Waals surface area contributed by atoms with E-state index in [1.807, 2.05) is 13.8 Å². The number of hydrogen-bond acceptors (Lipinski definition) is 3. The molecule has 2 amide bonds. The maximum atomic E-state index is 13.2. The molecule has 26 heavy (non-hydrogen) atoms. The Bertz CT molecular complexity index is 786. The van der Waals surface area contributed by atoms with Crippen LogP contribution in [0.1, 0.15) is 27.7 Å². The molecule has 0 bridgehead atoms. The fourth-order valence-electron chi connectivity index (χ4n) is 2.13. The number of nitrogens with one attached hydrogen (secondary N) is 2. The van der Waals surface area contributed by atoms with Crippen LogP contribution in [0.2, 0.25) is 0 Å². The van der Waals surface area contributed by atoms with Crippen molar-refractivity contribution in [3.05, 3.63) is 54.3 Å². The van der Waals surface area contributed by atoms with Crippen molar-refractivity contribution < 1.29 is 18.7 Å². The summed E-state index contributed by atoms with van der Waals surface area (Å²) in [6.07, 6.45) is 0.0564. The van der Waals surface area contributed by atoms with Gasteiger partial charge in [-0.25, -0.2) is 4.39 Å². The fraction of sp³-hybridized carbons (Fsp3) is 0.300. The lowest BCUT2D eigenvalue weighted by atomic mass is 9.90. The van der Waals surface area contributed by atoms with Crippen molar-refractivity contribution in [2.45, 2.75) is 33.8 Å². The van der Waals surface area contributed by atoms with E-state index in [1.54, 1.807) is 30.3 Å². The SMILES string of the molecule is CC(C)Oc1ccc(NC(=O)C(C)(C)C(=O)Nc2cccc(F)c2)cc1. The Morgan fingerprint density at radius 3 is 2.08 bits per heavy atom. The van der Waals surface area contributed by atoms with E-state index >= 15 is 0 Å². The maximum Gasteiger partial charge on any atom is 0.239 e. The highest BCUT2D eigenvalue weighted by molar-refractivity contribution is 6.13. The number of benzene rings is 2. The maximum absolute atomic E-state index is 13.2. The quantitative estimate of drug-likeness (QED) is 0.760. The third-order valence-corrected chi connectivity index (χ3v) is 3.70. The molecule has 6 heteroatoms. The van der Waals surface area contributed by atoms with Crippen molar-refractivity contribution in [2.75, 3.05) is 10.6 Å². The largest absolute Gasteiger partial charge is 0.491 e. The normalized spacial score (nSPS) is 11.2. The van der Waals surface area contributed by atoms with Gasteiger partial charge in [0.2, 0.25) is 11.8 Å². The van der Waals surface area contributed by atoms with Crippen molar-refractivity contribution in [1.82, 2.24) is 0 Å². The molecule has 0 aromatic heterocycles. The van der Waals surface area contributed by atoms with Gasteiger partial charge in [-0.1, -0.05) is 6.07 Å². The van der Waals surface area contributed by atoms with Crippen LogP contribution in [0.5, 0.6) is 5.75 Å². The molecule has 2 aromatic rings. The first kappa shape index (κ1) is 19.4. The lowest BCUT2D eigenvalue weighted by Crippen LogP contribution is -2.41. The number of rotatable bonds is 6. The third kappa shape index (κ3) is 5.05. The van der Waals surface area contributed by atoms with Crippen LogP contribution in [-0.2, 0) is 9.59 Å². The summed E-state index contributed by atoms with van der Waals surface area (Å²) in [6, 6.07) is 12.4. The predicted octanol–water partition coefficient (Wildman–Crippen LogP) is 4.22. The lowest BCUT2D eigenvalue weighted by molar-refractivity contribution is -0.135. The summed E-state index contributed by atoms with van der Waals surface area (Å²) in [6.45, 7) is 6.87. The first-order valence-corrected chi connectivity index (χ1v) is 8.33. The second kappa shape index (κ2) is 7.99. The molecule has 138 valence electrons. The second-order valence-corrected chi connectivity index (χ2v) is 6.73.